The van der Waals surface area contributed by atoms with Crippen LogP contribution in [0.25, 0.3) is 0 Å². The Morgan fingerprint density at radius 3 is 2.40 bits per heavy atom. The van der Waals surface area contributed by atoms with Gasteiger partial charge in [-0.05, 0) is 49.4 Å². The van der Waals surface area contributed by atoms with E-state index < -0.39 is 10.0 Å². The molecule has 7 nitrogen and oxygen atoms in total. The van der Waals surface area contributed by atoms with Crippen LogP contribution in [0.3, 0.4) is 0 Å². The molecule has 0 aliphatic carbocycles. The lowest BCUT2D eigenvalue weighted by atomic mass is 9.97. The lowest BCUT2D eigenvalue weighted by Gasteiger charge is -2.30. The van der Waals surface area contributed by atoms with Crippen molar-refractivity contribution < 1.29 is 22.7 Å². The van der Waals surface area contributed by atoms with Crippen molar-refractivity contribution in [2.75, 3.05) is 38.9 Å². The van der Waals surface area contributed by atoms with Crippen molar-refractivity contribution in [1.29, 1.82) is 0 Å². The molecular weight excluding hydrogens is 424 g/mol. The van der Waals surface area contributed by atoms with Crippen molar-refractivity contribution in [2.24, 2.45) is 5.92 Å². The van der Waals surface area contributed by atoms with E-state index in [2.05, 4.69) is 5.32 Å². The number of nitrogens with zero attached hydrogens (tertiary/aromatic N) is 1. The van der Waals surface area contributed by atoms with E-state index in [4.69, 9.17) is 9.47 Å². The monoisotopic (exact) mass is 450 g/mol. The standard InChI is InChI=1S/C21H26N2O5S2/c1-27-19-8-7-18(14-20(19)28-2)30(25,26)23-11-9-15(10-12-23)21(24)22-16-5-4-6-17(13-16)29-3/h4-8,13-15H,9-12H2,1-3H3,(H,22,24). The number of benzene rings is 2. The van der Waals surface area contributed by atoms with E-state index >= 15 is 0 Å². The maximum absolute atomic E-state index is 13.0. The smallest absolute Gasteiger partial charge is 0.243 e. The molecule has 0 unspecified atom stereocenters. The predicted molar refractivity (Wildman–Crippen MR) is 118 cm³/mol. The number of sulfonamides is 1. The maximum Gasteiger partial charge on any atom is 0.243 e. The van der Waals surface area contributed by atoms with E-state index in [0.717, 1.165) is 10.6 Å². The number of nitrogens with one attached hydrogen (secondary N) is 1. The Balaban J connectivity index is 1.65. The third-order valence-corrected chi connectivity index (χ3v) is 7.77. The lowest BCUT2D eigenvalue weighted by molar-refractivity contribution is -0.120. The summed E-state index contributed by atoms with van der Waals surface area (Å²) in [6.45, 7) is 0.583. The molecule has 1 amide bonds. The van der Waals surface area contributed by atoms with Gasteiger partial charge in [0.05, 0.1) is 19.1 Å². The first-order valence-corrected chi connectivity index (χ1v) is 12.2. The van der Waals surface area contributed by atoms with E-state index in [-0.39, 0.29) is 16.7 Å². The summed E-state index contributed by atoms with van der Waals surface area (Å²) in [6.07, 6.45) is 2.93. The summed E-state index contributed by atoms with van der Waals surface area (Å²) in [5.74, 6) is 0.536. The van der Waals surface area contributed by atoms with Crippen molar-refractivity contribution in [1.82, 2.24) is 4.31 Å². The number of hydrogen-bond acceptors (Lipinski definition) is 6. The molecule has 2 aromatic carbocycles. The number of carbonyl (C=O) groups excluding carboxylic acids is 1. The number of hydrogen-bond donors (Lipinski definition) is 1. The molecule has 0 aromatic heterocycles. The van der Waals surface area contributed by atoms with Crippen LogP contribution in [0.4, 0.5) is 5.69 Å². The highest BCUT2D eigenvalue weighted by molar-refractivity contribution is 7.98. The predicted octanol–water partition coefficient (Wildman–Crippen LogP) is 3.47. The van der Waals surface area contributed by atoms with Crippen LogP contribution < -0.4 is 14.8 Å². The molecule has 1 aliphatic heterocycles. The van der Waals surface area contributed by atoms with E-state index in [9.17, 15) is 13.2 Å². The third kappa shape index (κ3) is 4.91. The zero-order valence-corrected chi connectivity index (χ0v) is 18.9. The highest BCUT2D eigenvalue weighted by Crippen LogP contribution is 2.32. The van der Waals surface area contributed by atoms with Crippen LogP contribution >= 0.6 is 11.8 Å². The molecule has 0 atom stereocenters. The van der Waals surface area contributed by atoms with E-state index in [0.29, 0.717) is 37.4 Å². The van der Waals surface area contributed by atoms with Gasteiger partial charge in [-0.2, -0.15) is 4.31 Å². The summed E-state index contributed by atoms with van der Waals surface area (Å²) < 4.78 is 37.9. The minimum Gasteiger partial charge on any atom is -0.493 e. The van der Waals surface area contributed by atoms with Gasteiger partial charge in [-0.25, -0.2) is 8.42 Å². The highest BCUT2D eigenvalue weighted by atomic mass is 32.2. The van der Waals surface area contributed by atoms with E-state index in [1.807, 2.05) is 30.5 Å². The lowest BCUT2D eigenvalue weighted by Crippen LogP contribution is -2.41. The second kappa shape index (κ2) is 9.72. The van der Waals surface area contributed by atoms with Gasteiger partial charge in [-0.15, -0.1) is 11.8 Å². The van der Waals surface area contributed by atoms with Crippen LogP contribution in [-0.2, 0) is 14.8 Å². The number of ether oxygens (including phenoxy) is 2. The third-order valence-electron chi connectivity index (χ3n) is 5.15. The molecular formula is C21H26N2O5S2. The molecule has 1 aliphatic rings. The number of methoxy groups -OCH3 is 2. The van der Waals surface area contributed by atoms with Crippen molar-refractivity contribution in [3.63, 3.8) is 0 Å². The van der Waals surface area contributed by atoms with Gasteiger partial charge >= 0.3 is 0 Å². The van der Waals surface area contributed by atoms with E-state index in [1.54, 1.807) is 17.8 Å². The average molecular weight is 451 g/mol. The molecule has 1 N–H and O–H groups in total. The molecule has 0 radical (unpaired) electrons. The summed E-state index contributed by atoms with van der Waals surface area (Å²) in [4.78, 5) is 13.9. The Morgan fingerprint density at radius 2 is 1.77 bits per heavy atom. The SMILES string of the molecule is COc1ccc(S(=O)(=O)N2CCC(C(=O)Nc3cccc(SC)c3)CC2)cc1OC. The van der Waals surface area contributed by atoms with Crippen molar-refractivity contribution in [3.05, 3.63) is 42.5 Å². The van der Waals surface area contributed by atoms with Crippen LogP contribution in [0.5, 0.6) is 11.5 Å². The van der Waals surface area contributed by atoms with Crippen molar-refractivity contribution >= 4 is 33.4 Å². The van der Waals surface area contributed by atoms with Crippen molar-refractivity contribution in [2.45, 2.75) is 22.6 Å². The molecule has 30 heavy (non-hydrogen) atoms. The van der Waals surface area contributed by atoms with Gasteiger partial charge < -0.3 is 14.8 Å². The fourth-order valence-corrected chi connectivity index (χ4v) is 5.37. The Morgan fingerprint density at radius 1 is 1.07 bits per heavy atom. The first-order chi connectivity index (χ1) is 14.4. The molecule has 9 heteroatoms. The van der Waals surface area contributed by atoms with Gasteiger partial charge in [0.25, 0.3) is 0 Å². The summed E-state index contributed by atoms with van der Waals surface area (Å²) in [5.41, 5.74) is 0.757. The Kier molecular flexibility index (Phi) is 7.27. The zero-order valence-electron chi connectivity index (χ0n) is 17.3. The van der Waals surface area contributed by atoms with Crippen LogP contribution in [0.2, 0.25) is 0 Å². The molecule has 3 rings (SSSR count). The normalized spacial score (nSPS) is 15.6. The minimum atomic E-state index is -3.67. The van der Waals surface area contributed by atoms with Crippen molar-refractivity contribution in [3.8, 4) is 11.5 Å². The molecule has 0 saturated carbocycles. The second-order valence-corrected chi connectivity index (χ2v) is 9.73. The van der Waals surface area contributed by atoms with Crippen LogP contribution in [-0.4, -0.2) is 52.2 Å². The van der Waals surface area contributed by atoms with Crippen LogP contribution in [0.1, 0.15) is 12.8 Å². The number of amides is 1. The number of carbonyl (C=O) groups is 1. The number of thioether (sulfide) groups is 1. The Hall–Kier alpha value is -2.23. The number of piperidine rings is 1. The fourth-order valence-electron chi connectivity index (χ4n) is 3.43. The number of rotatable bonds is 7. The second-order valence-electron chi connectivity index (χ2n) is 6.92. The zero-order chi connectivity index (χ0) is 21.7. The van der Waals surface area contributed by atoms with Gasteiger partial charge in [-0.1, -0.05) is 6.07 Å². The maximum atomic E-state index is 13.0. The van der Waals surface area contributed by atoms with Gasteiger partial charge in [0.1, 0.15) is 0 Å². The topological polar surface area (TPSA) is 84.9 Å². The Bertz CT molecular complexity index is 1000. The fraction of sp³-hybridized carbons (Fsp3) is 0.381. The first kappa shape index (κ1) is 22.5. The first-order valence-electron chi connectivity index (χ1n) is 9.56. The van der Waals surface area contributed by atoms with E-state index in [1.165, 1.54) is 30.7 Å². The largest absolute Gasteiger partial charge is 0.493 e. The van der Waals surface area contributed by atoms with Gasteiger partial charge in [0, 0.05) is 35.7 Å². The van der Waals surface area contributed by atoms with Gasteiger partial charge in [-0.3, -0.25) is 4.79 Å². The quantitative estimate of drug-likeness (QED) is 0.651. The van der Waals surface area contributed by atoms with Gasteiger partial charge in [0.2, 0.25) is 15.9 Å². The molecule has 1 saturated heterocycles. The van der Waals surface area contributed by atoms with Gasteiger partial charge in [0.15, 0.2) is 11.5 Å². The van der Waals surface area contributed by atoms with Crippen LogP contribution in [0.15, 0.2) is 52.3 Å². The highest BCUT2D eigenvalue weighted by Gasteiger charge is 2.32. The molecule has 0 bridgehead atoms. The average Bonchev–Trinajstić information content (AvgIpc) is 2.78. The molecule has 1 fully saturated rings. The Labute approximate surface area is 181 Å². The number of anilines is 1. The molecule has 162 valence electrons. The molecule has 0 spiro atoms. The summed E-state index contributed by atoms with van der Waals surface area (Å²) in [5, 5.41) is 2.95. The minimum absolute atomic E-state index is 0.0728. The summed E-state index contributed by atoms with van der Waals surface area (Å²) in [7, 11) is -0.709. The molecule has 2 aromatic rings. The summed E-state index contributed by atoms with van der Waals surface area (Å²) >= 11 is 1.61. The molecule has 1 heterocycles. The van der Waals surface area contributed by atoms with Crippen LogP contribution in [0, 0.1) is 5.92 Å². The summed E-state index contributed by atoms with van der Waals surface area (Å²) in [6, 6.07) is 12.2.